The quantitative estimate of drug-likeness (QED) is 0.801. The maximum atomic E-state index is 11.5. The Labute approximate surface area is 99.8 Å². The minimum absolute atomic E-state index is 0.166. The molecule has 1 heterocycles. The second-order valence-electron chi connectivity index (χ2n) is 3.19. The normalized spacial score (nSPS) is 12.2. The Balaban J connectivity index is 2.58. The van der Waals surface area contributed by atoms with Crippen LogP contribution >= 0.6 is 11.8 Å². The number of nitrogens with zero attached hydrogens (tertiary/aromatic N) is 1. The average molecular weight is 240 g/mol. The van der Waals surface area contributed by atoms with Crippen LogP contribution in [0.5, 0.6) is 0 Å². The van der Waals surface area contributed by atoms with Gasteiger partial charge in [0.1, 0.15) is 6.10 Å². The first-order valence-corrected chi connectivity index (χ1v) is 6.08. The first-order valence-electron chi connectivity index (χ1n) is 5.10. The number of nitrogens with one attached hydrogen (secondary N) is 1. The van der Waals surface area contributed by atoms with E-state index in [0.717, 1.165) is 10.8 Å². The smallest absolute Gasteiger partial charge is 0.253 e. The van der Waals surface area contributed by atoms with Gasteiger partial charge in [-0.3, -0.25) is 4.79 Å². The molecule has 1 N–H and O–H groups in total. The number of methoxy groups -OCH3 is 1. The van der Waals surface area contributed by atoms with Gasteiger partial charge >= 0.3 is 0 Å². The highest BCUT2D eigenvalue weighted by Gasteiger charge is 2.11. The first kappa shape index (κ1) is 13.0. The summed E-state index contributed by atoms with van der Waals surface area (Å²) in [6.07, 6.45) is 1.20. The van der Waals surface area contributed by atoms with Crippen molar-refractivity contribution in [2.45, 2.75) is 25.0 Å². The van der Waals surface area contributed by atoms with Crippen LogP contribution in [-0.2, 0) is 9.53 Å². The second-order valence-corrected chi connectivity index (χ2v) is 4.47. The Morgan fingerprint density at radius 1 is 1.62 bits per heavy atom. The van der Waals surface area contributed by atoms with Crippen molar-refractivity contribution in [1.82, 2.24) is 4.98 Å². The van der Waals surface area contributed by atoms with Gasteiger partial charge in [-0.25, -0.2) is 4.98 Å². The Hall–Kier alpha value is -1.07. The van der Waals surface area contributed by atoms with Crippen molar-refractivity contribution in [3.8, 4) is 0 Å². The molecule has 16 heavy (non-hydrogen) atoms. The summed E-state index contributed by atoms with van der Waals surface area (Å²) in [5.41, 5.74) is 0.689. The van der Waals surface area contributed by atoms with Gasteiger partial charge < -0.3 is 10.1 Å². The van der Waals surface area contributed by atoms with Crippen molar-refractivity contribution < 1.29 is 9.53 Å². The highest BCUT2D eigenvalue weighted by molar-refractivity contribution is 7.99. The molecule has 0 spiro atoms. The molecule has 1 aromatic heterocycles. The summed E-state index contributed by atoms with van der Waals surface area (Å²) in [6, 6.07) is 3.73. The molecule has 0 bridgehead atoms. The molecule has 0 saturated heterocycles. The number of rotatable bonds is 5. The number of anilines is 1. The van der Waals surface area contributed by atoms with Crippen molar-refractivity contribution in [1.29, 1.82) is 0 Å². The van der Waals surface area contributed by atoms with Gasteiger partial charge in [0.25, 0.3) is 5.91 Å². The molecule has 0 aliphatic carbocycles. The lowest BCUT2D eigenvalue weighted by molar-refractivity contribution is -0.124. The number of hydrogen-bond donors (Lipinski definition) is 1. The van der Waals surface area contributed by atoms with E-state index in [1.54, 1.807) is 24.9 Å². The minimum atomic E-state index is -0.454. The van der Waals surface area contributed by atoms with Gasteiger partial charge in [0.05, 0.1) is 16.9 Å². The van der Waals surface area contributed by atoms with Gasteiger partial charge in [-0.05, 0) is 24.8 Å². The molecule has 0 aromatic carbocycles. The molecule has 88 valence electrons. The molecule has 0 aliphatic heterocycles. The summed E-state index contributed by atoms with van der Waals surface area (Å²) in [5.74, 6) is 0.819. The molecule has 5 heteroatoms. The van der Waals surface area contributed by atoms with Gasteiger partial charge in [-0.1, -0.05) is 6.92 Å². The van der Waals surface area contributed by atoms with Crippen molar-refractivity contribution in [3.63, 3.8) is 0 Å². The molecule has 1 aromatic rings. The van der Waals surface area contributed by atoms with Crippen LogP contribution < -0.4 is 5.32 Å². The standard InChI is InChI=1S/C11H16N2O2S/c1-4-16-10-6-5-9(7-12-10)13-11(14)8(2)15-3/h5-8H,4H2,1-3H3,(H,13,14). The highest BCUT2D eigenvalue weighted by atomic mass is 32.2. The van der Waals surface area contributed by atoms with E-state index in [1.807, 2.05) is 12.1 Å². The van der Waals surface area contributed by atoms with Crippen LogP contribution in [0.2, 0.25) is 0 Å². The van der Waals surface area contributed by atoms with Crippen LogP contribution in [0.1, 0.15) is 13.8 Å². The van der Waals surface area contributed by atoms with Crippen LogP contribution in [-0.4, -0.2) is 29.9 Å². The Morgan fingerprint density at radius 2 is 2.38 bits per heavy atom. The topological polar surface area (TPSA) is 51.2 Å². The minimum Gasteiger partial charge on any atom is -0.372 e. The van der Waals surface area contributed by atoms with E-state index in [4.69, 9.17) is 4.74 Å². The van der Waals surface area contributed by atoms with E-state index in [2.05, 4.69) is 17.2 Å². The summed E-state index contributed by atoms with van der Waals surface area (Å²) in [6.45, 7) is 3.77. The number of pyridine rings is 1. The number of hydrogen-bond acceptors (Lipinski definition) is 4. The average Bonchev–Trinajstić information content (AvgIpc) is 2.31. The third kappa shape index (κ3) is 3.83. The fourth-order valence-electron chi connectivity index (χ4n) is 1.04. The van der Waals surface area contributed by atoms with Crippen molar-refractivity contribution in [2.75, 3.05) is 18.2 Å². The maximum absolute atomic E-state index is 11.5. The van der Waals surface area contributed by atoms with Crippen molar-refractivity contribution in [3.05, 3.63) is 18.3 Å². The van der Waals surface area contributed by atoms with Crippen molar-refractivity contribution in [2.24, 2.45) is 0 Å². The number of thioether (sulfide) groups is 1. The number of ether oxygens (including phenoxy) is 1. The summed E-state index contributed by atoms with van der Waals surface area (Å²) in [7, 11) is 1.50. The lowest BCUT2D eigenvalue weighted by Gasteiger charge is -2.10. The fraction of sp³-hybridized carbons (Fsp3) is 0.455. The number of aromatic nitrogens is 1. The number of carbonyl (C=O) groups excluding carboxylic acids is 1. The van der Waals surface area contributed by atoms with Gasteiger partial charge in [0.2, 0.25) is 0 Å². The van der Waals surface area contributed by atoms with Crippen molar-refractivity contribution >= 4 is 23.4 Å². The maximum Gasteiger partial charge on any atom is 0.253 e. The van der Waals surface area contributed by atoms with E-state index in [0.29, 0.717) is 5.69 Å². The fourth-order valence-corrected chi connectivity index (χ4v) is 1.63. The predicted octanol–water partition coefficient (Wildman–Crippen LogP) is 2.17. The van der Waals surface area contributed by atoms with E-state index in [1.165, 1.54) is 7.11 Å². The van der Waals surface area contributed by atoms with Crippen LogP contribution in [0.25, 0.3) is 0 Å². The summed E-state index contributed by atoms with van der Waals surface area (Å²) in [4.78, 5) is 15.7. The zero-order valence-electron chi connectivity index (χ0n) is 9.69. The van der Waals surface area contributed by atoms with E-state index < -0.39 is 6.10 Å². The molecule has 1 rings (SSSR count). The molecule has 0 aliphatic rings. The SMILES string of the molecule is CCSc1ccc(NC(=O)C(C)OC)cn1. The molecular formula is C11H16N2O2S. The highest BCUT2D eigenvalue weighted by Crippen LogP contribution is 2.16. The van der Waals surface area contributed by atoms with Crippen LogP contribution in [0.4, 0.5) is 5.69 Å². The molecule has 0 fully saturated rings. The molecule has 4 nitrogen and oxygen atoms in total. The first-order chi connectivity index (χ1) is 7.67. The Kier molecular flexibility index (Phi) is 5.28. The van der Waals surface area contributed by atoms with E-state index in [9.17, 15) is 4.79 Å². The molecule has 1 amide bonds. The van der Waals surface area contributed by atoms with Crippen LogP contribution in [0.3, 0.4) is 0 Å². The van der Waals surface area contributed by atoms with E-state index in [-0.39, 0.29) is 5.91 Å². The van der Waals surface area contributed by atoms with Gasteiger partial charge in [-0.2, -0.15) is 0 Å². The molecule has 0 saturated carbocycles. The lowest BCUT2D eigenvalue weighted by atomic mass is 10.3. The lowest BCUT2D eigenvalue weighted by Crippen LogP contribution is -2.26. The number of amides is 1. The van der Waals surface area contributed by atoms with Gasteiger partial charge in [0, 0.05) is 7.11 Å². The van der Waals surface area contributed by atoms with Gasteiger partial charge in [0.15, 0.2) is 0 Å². The predicted molar refractivity (Wildman–Crippen MR) is 65.7 cm³/mol. The Bertz CT molecular complexity index is 340. The van der Waals surface area contributed by atoms with E-state index >= 15 is 0 Å². The zero-order valence-corrected chi connectivity index (χ0v) is 10.5. The van der Waals surface area contributed by atoms with Crippen LogP contribution in [0, 0.1) is 0 Å². The third-order valence-electron chi connectivity index (χ3n) is 2.02. The summed E-state index contributed by atoms with van der Waals surface area (Å²) >= 11 is 1.67. The largest absolute Gasteiger partial charge is 0.372 e. The molecular weight excluding hydrogens is 224 g/mol. The molecule has 1 unspecified atom stereocenters. The summed E-state index contributed by atoms with van der Waals surface area (Å²) < 4.78 is 4.91. The molecule has 1 atom stereocenters. The molecule has 0 radical (unpaired) electrons. The number of carbonyl (C=O) groups is 1. The van der Waals surface area contributed by atoms with Gasteiger partial charge in [-0.15, -0.1) is 11.8 Å². The monoisotopic (exact) mass is 240 g/mol. The Morgan fingerprint density at radius 3 is 2.88 bits per heavy atom. The third-order valence-corrected chi connectivity index (χ3v) is 2.84. The zero-order chi connectivity index (χ0) is 12.0. The van der Waals surface area contributed by atoms with Crippen LogP contribution in [0.15, 0.2) is 23.4 Å². The summed E-state index contributed by atoms with van der Waals surface area (Å²) in [5, 5.41) is 3.68. The second kappa shape index (κ2) is 6.50.